The number of hydrogen-bond acceptors (Lipinski definition) is 2. The highest BCUT2D eigenvalue weighted by atomic mass is 16.2. The van der Waals surface area contributed by atoms with Crippen LogP contribution in [-0.4, -0.2) is 41.4 Å². The Kier molecular flexibility index (Phi) is 5.40. The average Bonchev–Trinajstić information content (AvgIpc) is 2.93. The van der Waals surface area contributed by atoms with E-state index in [1.807, 2.05) is 4.90 Å². The fraction of sp³-hybridized carbons (Fsp3) is 0.611. The molecule has 0 radical (unpaired) electrons. The van der Waals surface area contributed by atoms with Crippen LogP contribution in [0, 0.1) is 12.8 Å². The molecule has 3 heteroatoms. The third kappa shape index (κ3) is 4.07. The zero-order valence-corrected chi connectivity index (χ0v) is 13.8. The maximum atomic E-state index is 12.8. The van der Waals surface area contributed by atoms with E-state index in [1.54, 1.807) is 0 Å². The van der Waals surface area contributed by atoms with Gasteiger partial charge in [-0.05, 0) is 45.8 Å². The van der Waals surface area contributed by atoms with Gasteiger partial charge in [0.15, 0.2) is 0 Å². The lowest BCUT2D eigenvalue weighted by atomic mass is 10.0. The standard InChI is InChI=1S/C18H28N2O/c1-5-19-10-9-17(13-19)18(21)20(14(2)3)12-16-8-6-7-15(4)11-16/h6-8,11,14,17H,5,9-10,12-13H2,1-4H3/t17-/m1/s1. The average molecular weight is 288 g/mol. The summed E-state index contributed by atoms with van der Waals surface area (Å²) in [4.78, 5) is 17.2. The van der Waals surface area contributed by atoms with Crippen molar-refractivity contribution in [1.82, 2.24) is 9.80 Å². The highest BCUT2D eigenvalue weighted by Crippen LogP contribution is 2.21. The first-order valence-electron chi connectivity index (χ1n) is 8.09. The van der Waals surface area contributed by atoms with Gasteiger partial charge in [-0.25, -0.2) is 0 Å². The molecule has 1 aromatic carbocycles. The highest BCUT2D eigenvalue weighted by Gasteiger charge is 2.31. The van der Waals surface area contributed by atoms with Gasteiger partial charge in [-0.1, -0.05) is 36.8 Å². The summed E-state index contributed by atoms with van der Waals surface area (Å²) in [6.45, 7) is 12.2. The van der Waals surface area contributed by atoms with Gasteiger partial charge in [-0.15, -0.1) is 0 Å². The van der Waals surface area contributed by atoms with Crippen molar-refractivity contribution in [2.45, 2.75) is 46.7 Å². The van der Waals surface area contributed by atoms with Crippen LogP contribution in [0.2, 0.25) is 0 Å². The van der Waals surface area contributed by atoms with Gasteiger partial charge in [0.05, 0.1) is 5.92 Å². The normalized spacial score (nSPS) is 19.2. The van der Waals surface area contributed by atoms with E-state index in [-0.39, 0.29) is 12.0 Å². The highest BCUT2D eigenvalue weighted by molar-refractivity contribution is 5.79. The number of hydrogen-bond donors (Lipinski definition) is 0. The molecule has 1 atom stereocenters. The maximum absolute atomic E-state index is 12.8. The van der Waals surface area contributed by atoms with E-state index in [9.17, 15) is 4.79 Å². The SMILES string of the molecule is CCN1CC[C@@H](C(=O)N(Cc2cccc(C)c2)C(C)C)C1. The lowest BCUT2D eigenvalue weighted by Gasteiger charge is -2.29. The molecular formula is C18H28N2O. The van der Waals surface area contributed by atoms with Crippen molar-refractivity contribution >= 4 is 5.91 Å². The molecule has 0 saturated carbocycles. The van der Waals surface area contributed by atoms with E-state index in [2.05, 4.69) is 56.9 Å². The number of rotatable bonds is 5. The first-order valence-corrected chi connectivity index (χ1v) is 8.09. The molecule has 2 rings (SSSR count). The molecule has 1 heterocycles. The predicted octanol–water partition coefficient (Wildman–Crippen LogP) is 3.07. The Labute approximate surface area is 128 Å². The van der Waals surface area contributed by atoms with Crippen molar-refractivity contribution in [3.8, 4) is 0 Å². The van der Waals surface area contributed by atoms with Crippen molar-refractivity contribution in [1.29, 1.82) is 0 Å². The minimum absolute atomic E-state index is 0.178. The Morgan fingerprint density at radius 1 is 1.43 bits per heavy atom. The van der Waals surface area contributed by atoms with Crippen LogP contribution in [0.4, 0.5) is 0 Å². The van der Waals surface area contributed by atoms with Gasteiger partial charge in [0.1, 0.15) is 0 Å². The Balaban J connectivity index is 2.06. The van der Waals surface area contributed by atoms with Gasteiger partial charge < -0.3 is 9.80 Å². The molecule has 0 aromatic heterocycles. The molecule has 1 aliphatic heterocycles. The molecule has 0 unspecified atom stereocenters. The minimum atomic E-state index is 0.178. The van der Waals surface area contributed by atoms with Crippen LogP contribution in [0.1, 0.15) is 38.3 Å². The number of aryl methyl sites for hydroxylation is 1. The first-order chi connectivity index (χ1) is 10.0. The molecule has 0 aliphatic carbocycles. The van der Waals surface area contributed by atoms with Gasteiger partial charge in [-0.2, -0.15) is 0 Å². The van der Waals surface area contributed by atoms with Crippen molar-refractivity contribution in [3.05, 3.63) is 35.4 Å². The molecule has 1 saturated heterocycles. The molecule has 0 N–H and O–H groups in total. The molecule has 1 aromatic rings. The summed E-state index contributed by atoms with van der Waals surface area (Å²) in [6, 6.07) is 8.70. The number of carbonyl (C=O) groups excluding carboxylic acids is 1. The summed E-state index contributed by atoms with van der Waals surface area (Å²) in [5, 5.41) is 0. The van der Waals surface area contributed by atoms with E-state index >= 15 is 0 Å². The monoisotopic (exact) mass is 288 g/mol. The van der Waals surface area contributed by atoms with Crippen molar-refractivity contribution in [2.75, 3.05) is 19.6 Å². The van der Waals surface area contributed by atoms with Crippen LogP contribution in [0.5, 0.6) is 0 Å². The van der Waals surface area contributed by atoms with Crippen LogP contribution in [-0.2, 0) is 11.3 Å². The van der Waals surface area contributed by atoms with Crippen molar-refractivity contribution in [2.24, 2.45) is 5.92 Å². The lowest BCUT2D eigenvalue weighted by molar-refractivity contribution is -0.137. The minimum Gasteiger partial charge on any atom is -0.336 e. The number of carbonyl (C=O) groups is 1. The summed E-state index contributed by atoms with van der Waals surface area (Å²) < 4.78 is 0. The van der Waals surface area contributed by atoms with Gasteiger partial charge in [0, 0.05) is 19.1 Å². The lowest BCUT2D eigenvalue weighted by Crippen LogP contribution is -2.41. The zero-order valence-electron chi connectivity index (χ0n) is 13.8. The van der Waals surface area contributed by atoms with Crippen molar-refractivity contribution in [3.63, 3.8) is 0 Å². The second-order valence-electron chi connectivity index (χ2n) is 6.43. The number of benzene rings is 1. The molecule has 0 bridgehead atoms. The number of amides is 1. The van der Waals surface area contributed by atoms with Gasteiger partial charge in [0.2, 0.25) is 5.91 Å². The summed E-state index contributed by atoms with van der Waals surface area (Å²) in [5.74, 6) is 0.500. The zero-order chi connectivity index (χ0) is 15.4. The first kappa shape index (κ1) is 16.0. The molecular weight excluding hydrogens is 260 g/mol. The van der Waals surface area contributed by atoms with Crippen LogP contribution >= 0.6 is 0 Å². The summed E-state index contributed by atoms with van der Waals surface area (Å²) >= 11 is 0. The fourth-order valence-corrected chi connectivity index (χ4v) is 3.08. The van der Waals surface area contributed by atoms with E-state index < -0.39 is 0 Å². The predicted molar refractivity (Wildman–Crippen MR) is 87.1 cm³/mol. The van der Waals surface area contributed by atoms with Crippen LogP contribution in [0.3, 0.4) is 0 Å². The van der Waals surface area contributed by atoms with Crippen LogP contribution in [0.15, 0.2) is 24.3 Å². The molecule has 1 amide bonds. The third-order valence-electron chi connectivity index (χ3n) is 4.41. The molecule has 21 heavy (non-hydrogen) atoms. The largest absolute Gasteiger partial charge is 0.336 e. The van der Waals surface area contributed by atoms with Crippen LogP contribution < -0.4 is 0 Å². The maximum Gasteiger partial charge on any atom is 0.227 e. The molecule has 3 nitrogen and oxygen atoms in total. The fourth-order valence-electron chi connectivity index (χ4n) is 3.08. The quantitative estimate of drug-likeness (QED) is 0.831. The Hall–Kier alpha value is -1.35. The van der Waals surface area contributed by atoms with Crippen LogP contribution in [0.25, 0.3) is 0 Å². The second kappa shape index (κ2) is 7.08. The number of likely N-dealkylation sites (tertiary alicyclic amines) is 1. The third-order valence-corrected chi connectivity index (χ3v) is 4.41. The van der Waals surface area contributed by atoms with Gasteiger partial charge in [-0.3, -0.25) is 4.79 Å². The molecule has 1 aliphatic rings. The summed E-state index contributed by atoms with van der Waals surface area (Å²) in [7, 11) is 0. The molecule has 1 fully saturated rings. The van der Waals surface area contributed by atoms with E-state index in [0.717, 1.165) is 32.6 Å². The second-order valence-corrected chi connectivity index (χ2v) is 6.43. The van der Waals surface area contributed by atoms with E-state index in [0.29, 0.717) is 5.91 Å². The number of nitrogens with zero attached hydrogens (tertiary/aromatic N) is 2. The van der Waals surface area contributed by atoms with E-state index in [4.69, 9.17) is 0 Å². The Bertz CT molecular complexity index is 484. The molecule has 116 valence electrons. The Morgan fingerprint density at radius 3 is 2.76 bits per heavy atom. The van der Waals surface area contributed by atoms with E-state index in [1.165, 1.54) is 11.1 Å². The topological polar surface area (TPSA) is 23.6 Å². The Morgan fingerprint density at radius 2 is 2.19 bits per heavy atom. The van der Waals surface area contributed by atoms with Crippen molar-refractivity contribution < 1.29 is 4.79 Å². The molecule has 0 spiro atoms. The summed E-state index contributed by atoms with van der Waals surface area (Å²) in [5.41, 5.74) is 2.48. The summed E-state index contributed by atoms with van der Waals surface area (Å²) in [6.07, 6.45) is 1.00. The smallest absolute Gasteiger partial charge is 0.227 e. The van der Waals surface area contributed by atoms with Gasteiger partial charge >= 0.3 is 0 Å². The van der Waals surface area contributed by atoms with Gasteiger partial charge in [0.25, 0.3) is 0 Å².